The summed E-state index contributed by atoms with van der Waals surface area (Å²) in [4.78, 5) is 11.7. The minimum Gasteiger partial charge on any atom is -0.466 e. The van der Waals surface area contributed by atoms with Crippen molar-refractivity contribution < 1.29 is 14.3 Å². The van der Waals surface area contributed by atoms with Gasteiger partial charge in [-0.1, -0.05) is 6.07 Å². The first-order valence-electron chi connectivity index (χ1n) is 7.89. The Morgan fingerprint density at radius 3 is 2.42 bits per heavy atom. The van der Waals surface area contributed by atoms with Crippen molar-refractivity contribution in [2.75, 3.05) is 6.61 Å². The van der Waals surface area contributed by atoms with Crippen molar-refractivity contribution in [3.8, 4) is 17.6 Å². The van der Waals surface area contributed by atoms with Crippen molar-refractivity contribution >= 4 is 5.97 Å². The van der Waals surface area contributed by atoms with Crippen molar-refractivity contribution in [1.29, 1.82) is 5.26 Å². The molecule has 0 amide bonds. The van der Waals surface area contributed by atoms with Gasteiger partial charge in [0.2, 0.25) is 0 Å². The number of nitrogens with zero attached hydrogens (tertiary/aromatic N) is 1. The summed E-state index contributed by atoms with van der Waals surface area (Å²) in [7, 11) is 0. The van der Waals surface area contributed by atoms with Gasteiger partial charge < -0.3 is 9.47 Å². The van der Waals surface area contributed by atoms with E-state index < -0.39 is 0 Å². The lowest BCUT2D eigenvalue weighted by Gasteiger charge is -2.15. The lowest BCUT2D eigenvalue weighted by molar-refractivity contribution is -0.142. The lowest BCUT2D eigenvalue weighted by Crippen LogP contribution is -2.09. The van der Waals surface area contributed by atoms with Crippen LogP contribution in [0.5, 0.6) is 11.5 Å². The molecule has 0 atom stereocenters. The van der Waals surface area contributed by atoms with E-state index in [9.17, 15) is 4.79 Å². The Kier molecular flexibility index (Phi) is 5.59. The van der Waals surface area contributed by atoms with E-state index in [0.29, 0.717) is 12.2 Å². The van der Waals surface area contributed by atoms with Gasteiger partial charge in [-0.3, -0.25) is 4.79 Å². The minimum absolute atomic E-state index is 0.225. The Hall–Kier alpha value is -2.80. The van der Waals surface area contributed by atoms with Crippen molar-refractivity contribution in [3.63, 3.8) is 0 Å². The quantitative estimate of drug-likeness (QED) is 0.766. The highest BCUT2D eigenvalue weighted by atomic mass is 16.5. The Labute approximate surface area is 142 Å². The van der Waals surface area contributed by atoms with Crippen LogP contribution in [0.2, 0.25) is 0 Å². The zero-order valence-electron chi connectivity index (χ0n) is 14.5. The molecule has 0 heterocycles. The summed E-state index contributed by atoms with van der Waals surface area (Å²) in [6.07, 6.45) is 0.261. The molecule has 0 aliphatic heterocycles. The third kappa shape index (κ3) is 3.94. The van der Waals surface area contributed by atoms with Crippen LogP contribution in [0, 0.1) is 32.1 Å². The van der Waals surface area contributed by atoms with E-state index in [-0.39, 0.29) is 12.4 Å². The van der Waals surface area contributed by atoms with Gasteiger partial charge in [-0.2, -0.15) is 5.26 Å². The van der Waals surface area contributed by atoms with Crippen LogP contribution in [0.15, 0.2) is 30.3 Å². The minimum atomic E-state index is -0.225. The number of rotatable bonds is 5. The molecule has 2 rings (SSSR count). The molecule has 0 unspecified atom stereocenters. The largest absolute Gasteiger partial charge is 0.466 e. The second-order valence-corrected chi connectivity index (χ2v) is 5.65. The van der Waals surface area contributed by atoms with Crippen molar-refractivity contribution in [2.45, 2.75) is 34.1 Å². The van der Waals surface area contributed by atoms with Crippen LogP contribution in [0.4, 0.5) is 0 Å². The van der Waals surface area contributed by atoms with Gasteiger partial charge in [0.25, 0.3) is 0 Å². The van der Waals surface area contributed by atoms with E-state index in [1.807, 2.05) is 32.9 Å². The van der Waals surface area contributed by atoms with Crippen LogP contribution in [0.1, 0.15) is 34.7 Å². The number of benzene rings is 2. The van der Waals surface area contributed by atoms with E-state index >= 15 is 0 Å². The molecule has 0 bridgehead atoms. The predicted molar refractivity (Wildman–Crippen MR) is 92.2 cm³/mol. The number of hydrogen-bond acceptors (Lipinski definition) is 4. The molecule has 0 aromatic heterocycles. The molecule has 24 heavy (non-hydrogen) atoms. The third-order valence-electron chi connectivity index (χ3n) is 4.01. The standard InChI is InChI=1S/C20H21NO3/c1-5-23-20(22)11-17-7-9-19(15(4)14(17)3)24-18-8-6-16(12-21)10-13(18)2/h6-10H,5,11H2,1-4H3. The molecule has 0 aliphatic rings. The number of esters is 1. The molecule has 2 aromatic rings. The number of aryl methyl sites for hydroxylation is 1. The maximum Gasteiger partial charge on any atom is 0.310 e. The first-order chi connectivity index (χ1) is 11.5. The van der Waals surface area contributed by atoms with Gasteiger partial charge in [-0.25, -0.2) is 0 Å². The van der Waals surface area contributed by atoms with Crippen LogP contribution >= 0.6 is 0 Å². The molecule has 0 saturated carbocycles. The zero-order valence-corrected chi connectivity index (χ0v) is 14.5. The second kappa shape index (κ2) is 7.65. The molecule has 124 valence electrons. The van der Waals surface area contributed by atoms with Gasteiger partial charge in [0.05, 0.1) is 24.7 Å². The molecule has 0 radical (unpaired) electrons. The van der Waals surface area contributed by atoms with Crippen LogP contribution < -0.4 is 4.74 Å². The normalized spacial score (nSPS) is 10.1. The van der Waals surface area contributed by atoms with Crippen LogP contribution in [0.3, 0.4) is 0 Å². The first kappa shape index (κ1) is 17.6. The average molecular weight is 323 g/mol. The summed E-state index contributed by atoms with van der Waals surface area (Å²) in [5.41, 5.74) is 4.46. The summed E-state index contributed by atoms with van der Waals surface area (Å²) in [6.45, 7) is 8.04. The van der Waals surface area contributed by atoms with E-state index in [2.05, 4.69) is 6.07 Å². The summed E-state index contributed by atoms with van der Waals surface area (Å²) in [5, 5.41) is 8.94. The molecular formula is C20H21NO3. The smallest absolute Gasteiger partial charge is 0.310 e. The van der Waals surface area contributed by atoms with E-state index in [1.54, 1.807) is 25.1 Å². The molecule has 4 heteroatoms. The third-order valence-corrected chi connectivity index (χ3v) is 4.01. The van der Waals surface area contributed by atoms with E-state index in [1.165, 1.54) is 0 Å². The predicted octanol–water partition coefficient (Wildman–Crippen LogP) is 4.38. The van der Waals surface area contributed by atoms with Gasteiger partial charge in [-0.15, -0.1) is 0 Å². The lowest BCUT2D eigenvalue weighted by atomic mass is 10.00. The fraction of sp³-hybridized carbons (Fsp3) is 0.300. The Balaban J connectivity index is 2.25. The number of carbonyl (C=O) groups is 1. The van der Waals surface area contributed by atoms with Gasteiger partial charge >= 0.3 is 5.97 Å². The molecule has 2 aromatic carbocycles. The van der Waals surface area contributed by atoms with Crippen LogP contribution in [0.25, 0.3) is 0 Å². The molecular weight excluding hydrogens is 302 g/mol. The van der Waals surface area contributed by atoms with Crippen molar-refractivity contribution in [3.05, 3.63) is 58.1 Å². The van der Waals surface area contributed by atoms with Gasteiger partial charge in [0, 0.05) is 0 Å². The fourth-order valence-corrected chi connectivity index (χ4v) is 2.47. The van der Waals surface area contributed by atoms with Gasteiger partial charge in [0.15, 0.2) is 0 Å². The van der Waals surface area contributed by atoms with Gasteiger partial charge in [0.1, 0.15) is 11.5 Å². The van der Waals surface area contributed by atoms with Gasteiger partial charge in [-0.05, 0) is 74.2 Å². The Bertz CT molecular complexity index is 803. The van der Waals surface area contributed by atoms with Crippen molar-refractivity contribution in [1.82, 2.24) is 0 Å². The molecule has 0 N–H and O–H groups in total. The van der Waals surface area contributed by atoms with Crippen LogP contribution in [-0.4, -0.2) is 12.6 Å². The molecule has 0 saturated heterocycles. The van der Waals surface area contributed by atoms with Crippen molar-refractivity contribution in [2.24, 2.45) is 0 Å². The molecule has 4 nitrogen and oxygen atoms in total. The first-order valence-corrected chi connectivity index (χ1v) is 7.89. The van der Waals surface area contributed by atoms with E-state index in [4.69, 9.17) is 14.7 Å². The van der Waals surface area contributed by atoms with Crippen LogP contribution in [-0.2, 0) is 16.0 Å². The number of hydrogen-bond donors (Lipinski definition) is 0. The summed E-state index contributed by atoms with van der Waals surface area (Å²) < 4.78 is 11.0. The Morgan fingerprint density at radius 2 is 1.79 bits per heavy atom. The summed E-state index contributed by atoms with van der Waals surface area (Å²) in [6, 6.07) is 11.2. The fourth-order valence-electron chi connectivity index (χ4n) is 2.47. The summed E-state index contributed by atoms with van der Waals surface area (Å²) >= 11 is 0. The molecule has 0 spiro atoms. The highest BCUT2D eigenvalue weighted by Gasteiger charge is 2.12. The molecule has 0 fully saturated rings. The second-order valence-electron chi connectivity index (χ2n) is 5.65. The number of ether oxygens (including phenoxy) is 2. The highest BCUT2D eigenvalue weighted by Crippen LogP contribution is 2.31. The monoisotopic (exact) mass is 323 g/mol. The SMILES string of the molecule is CCOC(=O)Cc1ccc(Oc2ccc(C#N)cc2C)c(C)c1C. The Morgan fingerprint density at radius 1 is 1.08 bits per heavy atom. The zero-order chi connectivity index (χ0) is 17.7. The maximum atomic E-state index is 11.7. The maximum absolute atomic E-state index is 11.7. The summed E-state index contributed by atoms with van der Waals surface area (Å²) in [5.74, 6) is 1.24. The number of nitriles is 1. The average Bonchev–Trinajstić information content (AvgIpc) is 2.56. The molecule has 0 aliphatic carbocycles. The number of carbonyl (C=O) groups excluding carboxylic acids is 1. The highest BCUT2D eigenvalue weighted by molar-refractivity contribution is 5.73. The topological polar surface area (TPSA) is 59.3 Å². The van der Waals surface area contributed by atoms with E-state index in [0.717, 1.165) is 33.8 Å².